The maximum absolute atomic E-state index is 9.55. The molecule has 1 unspecified atom stereocenters. The molecule has 3 rings (SSSR count). The molecular weight excluding hydrogens is 492 g/mol. The van der Waals surface area contributed by atoms with Gasteiger partial charge < -0.3 is 30.2 Å². The van der Waals surface area contributed by atoms with E-state index < -0.39 is 23.9 Å². The van der Waals surface area contributed by atoms with Crippen LogP contribution in [0.2, 0.25) is 0 Å². The number of hydrogen-bond donors (Lipinski definition) is 4. The molecule has 0 saturated heterocycles. The van der Waals surface area contributed by atoms with Gasteiger partial charge in [0, 0.05) is 48.8 Å². The summed E-state index contributed by atoms with van der Waals surface area (Å²) in [5, 5.41) is 31.2. The van der Waals surface area contributed by atoms with Crippen molar-refractivity contribution >= 4 is 35.3 Å². The third-order valence-corrected chi connectivity index (χ3v) is 5.14. The van der Waals surface area contributed by atoms with Crippen molar-refractivity contribution in [1.29, 1.82) is 0 Å². The number of aryl methyl sites for hydroxylation is 2. The lowest BCUT2D eigenvalue weighted by Gasteiger charge is -2.30. The fourth-order valence-corrected chi connectivity index (χ4v) is 3.84. The fraction of sp³-hybridized carbons (Fsp3) is 0.286. The van der Waals surface area contributed by atoms with Crippen LogP contribution < -0.4 is 4.90 Å². The maximum atomic E-state index is 9.55. The molecule has 2 aromatic rings. The second-order valence-electron chi connectivity index (χ2n) is 8.76. The van der Waals surface area contributed by atoms with Crippen LogP contribution in [0.4, 0.5) is 11.4 Å². The van der Waals surface area contributed by atoms with Gasteiger partial charge in [-0.2, -0.15) is 0 Å². The van der Waals surface area contributed by atoms with Crippen LogP contribution >= 0.6 is 0 Å². The van der Waals surface area contributed by atoms with Crippen molar-refractivity contribution in [3.8, 4) is 0 Å². The molecule has 0 saturated carbocycles. The van der Waals surface area contributed by atoms with Gasteiger partial charge in [-0.05, 0) is 56.1 Å². The zero-order valence-corrected chi connectivity index (χ0v) is 21.7. The number of fused-ring (bicyclic) bond motifs is 2. The van der Waals surface area contributed by atoms with Crippen molar-refractivity contribution in [2.24, 2.45) is 5.92 Å². The Labute approximate surface area is 221 Å². The zero-order valence-electron chi connectivity index (χ0n) is 21.7. The number of rotatable bonds is 8. The molecule has 0 aromatic heterocycles. The molecule has 0 fully saturated rings. The third-order valence-electron chi connectivity index (χ3n) is 5.14. The maximum Gasteiger partial charge on any atom is 0.328 e. The van der Waals surface area contributed by atoms with Gasteiger partial charge in [-0.1, -0.05) is 43.3 Å². The first-order valence-electron chi connectivity index (χ1n) is 11.8. The number of benzene rings is 2. The third kappa shape index (κ3) is 12.5. The highest BCUT2D eigenvalue weighted by molar-refractivity contribution is 5.90. The van der Waals surface area contributed by atoms with Gasteiger partial charge in [0.15, 0.2) is 0 Å². The predicted molar refractivity (Wildman–Crippen MR) is 144 cm³/mol. The summed E-state index contributed by atoms with van der Waals surface area (Å²) in [4.78, 5) is 43.0. The van der Waals surface area contributed by atoms with Crippen molar-refractivity contribution < 1.29 is 39.6 Å². The highest BCUT2D eigenvalue weighted by atomic mass is 16.4. The molecule has 204 valence electrons. The number of para-hydroxylation sites is 2. The normalized spacial score (nSPS) is 12.8. The van der Waals surface area contributed by atoms with Crippen molar-refractivity contribution in [3.05, 3.63) is 84.0 Å². The molecule has 0 aliphatic carbocycles. The van der Waals surface area contributed by atoms with E-state index in [4.69, 9.17) is 20.4 Å². The van der Waals surface area contributed by atoms with Gasteiger partial charge in [-0.3, -0.25) is 0 Å². The molecule has 1 heterocycles. The number of aliphatic carboxylic acids is 4. The monoisotopic (exact) mass is 526 g/mol. The largest absolute Gasteiger partial charge is 0.478 e. The van der Waals surface area contributed by atoms with E-state index in [1.165, 1.54) is 22.5 Å². The van der Waals surface area contributed by atoms with Gasteiger partial charge in [-0.15, -0.1) is 0 Å². The summed E-state index contributed by atoms with van der Waals surface area (Å²) in [6.07, 6.45) is 4.49. The van der Waals surface area contributed by atoms with Crippen molar-refractivity contribution in [2.75, 3.05) is 32.1 Å². The average Bonchev–Trinajstić information content (AvgIpc) is 2.99. The fourth-order valence-electron chi connectivity index (χ4n) is 3.84. The average molecular weight is 527 g/mol. The molecule has 10 heteroatoms. The predicted octanol–water partition coefficient (Wildman–Crippen LogP) is 3.54. The Bertz CT molecular complexity index is 1040. The minimum absolute atomic E-state index is 0.558. The van der Waals surface area contributed by atoms with Crippen LogP contribution in [0.3, 0.4) is 0 Å². The molecule has 1 atom stereocenters. The minimum atomic E-state index is -1.26. The van der Waals surface area contributed by atoms with Gasteiger partial charge in [-0.25, -0.2) is 19.2 Å². The van der Waals surface area contributed by atoms with Gasteiger partial charge >= 0.3 is 23.9 Å². The Morgan fingerprint density at radius 2 is 1.08 bits per heavy atom. The summed E-state index contributed by atoms with van der Waals surface area (Å²) in [5.41, 5.74) is 5.71. The summed E-state index contributed by atoms with van der Waals surface area (Å²) in [7, 11) is 4.31. The summed E-state index contributed by atoms with van der Waals surface area (Å²) in [6, 6.07) is 17.8. The van der Waals surface area contributed by atoms with Crippen molar-refractivity contribution in [3.63, 3.8) is 0 Å². The Morgan fingerprint density at radius 1 is 0.737 bits per heavy atom. The number of hydrogen-bond acceptors (Lipinski definition) is 6. The van der Waals surface area contributed by atoms with Crippen LogP contribution in [0.15, 0.2) is 72.8 Å². The van der Waals surface area contributed by atoms with Crippen LogP contribution in [-0.2, 0) is 32.0 Å². The molecule has 2 aromatic carbocycles. The summed E-state index contributed by atoms with van der Waals surface area (Å²) in [6.45, 7) is 4.52. The van der Waals surface area contributed by atoms with Crippen LogP contribution in [0.25, 0.3) is 0 Å². The first kappa shape index (κ1) is 31.6. The summed E-state index contributed by atoms with van der Waals surface area (Å²) >= 11 is 0. The summed E-state index contributed by atoms with van der Waals surface area (Å²) in [5.74, 6) is -4.41. The highest BCUT2D eigenvalue weighted by Gasteiger charge is 2.21. The van der Waals surface area contributed by atoms with Gasteiger partial charge in [0.05, 0.1) is 0 Å². The Kier molecular flexibility index (Phi) is 13.6. The van der Waals surface area contributed by atoms with Crippen LogP contribution in [0.5, 0.6) is 0 Å². The highest BCUT2D eigenvalue weighted by Crippen LogP contribution is 2.36. The van der Waals surface area contributed by atoms with E-state index in [0.29, 0.717) is 30.2 Å². The van der Waals surface area contributed by atoms with Crippen LogP contribution in [0.1, 0.15) is 18.1 Å². The lowest BCUT2D eigenvalue weighted by Crippen LogP contribution is -2.30. The van der Waals surface area contributed by atoms with E-state index >= 15 is 0 Å². The second-order valence-corrected chi connectivity index (χ2v) is 8.76. The van der Waals surface area contributed by atoms with E-state index in [9.17, 15) is 19.2 Å². The topological polar surface area (TPSA) is 156 Å². The number of carbonyl (C=O) groups is 4. The molecule has 4 N–H and O–H groups in total. The van der Waals surface area contributed by atoms with Gasteiger partial charge in [0.1, 0.15) is 0 Å². The van der Waals surface area contributed by atoms with E-state index in [0.717, 1.165) is 25.9 Å². The van der Waals surface area contributed by atoms with Crippen LogP contribution in [0, 0.1) is 5.92 Å². The molecule has 0 amide bonds. The van der Waals surface area contributed by atoms with Crippen molar-refractivity contribution in [1.82, 2.24) is 4.90 Å². The van der Waals surface area contributed by atoms with Crippen molar-refractivity contribution in [2.45, 2.75) is 19.8 Å². The number of anilines is 2. The Hall–Kier alpha value is -4.44. The molecule has 0 spiro atoms. The number of carboxylic acid groups (broad SMARTS) is 4. The van der Waals surface area contributed by atoms with Crippen LogP contribution in [-0.4, -0.2) is 76.4 Å². The molecule has 1 aliphatic heterocycles. The second kappa shape index (κ2) is 16.3. The molecule has 1 aliphatic rings. The molecular formula is C28H34N2O8. The van der Waals surface area contributed by atoms with E-state index in [2.05, 4.69) is 79.3 Å². The van der Waals surface area contributed by atoms with Gasteiger partial charge in [0.25, 0.3) is 0 Å². The molecule has 38 heavy (non-hydrogen) atoms. The minimum Gasteiger partial charge on any atom is -0.478 e. The Morgan fingerprint density at radius 3 is 1.39 bits per heavy atom. The number of nitrogens with zero attached hydrogens (tertiary/aromatic N) is 2. The lowest BCUT2D eigenvalue weighted by molar-refractivity contribution is -0.134. The first-order valence-corrected chi connectivity index (χ1v) is 11.8. The molecule has 0 radical (unpaired) electrons. The van der Waals surface area contributed by atoms with E-state index in [1.807, 2.05) is 0 Å². The van der Waals surface area contributed by atoms with Gasteiger partial charge in [0.2, 0.25) is 0 Å². The van der Waals surface area contributed by atoms with E-state index in [-0.39, 0.29) is 0 Å². The SMILES string of the molecule is CC(CN(C)C)CN1c2ccccc2CCc2ccccc21.O=C(O)C=CC(=O)O.O=C(O)C=CC(=O)O. The zero-order chi connectivity index (χ0) is 28.7. The standard InChI is InChI=1S/C20H26N2.2C4H4O4/c1-16(14-21(2)3)15-22-19-10-6-4-8-17(19)12-13-18-9-5-7-11-20(18)22;2*5-3(6)1-2-4(7)8/h4-11,16H,12-15H2,1-3H3;2*1-2H,(H,5,6)(H,7,8). The number of carboxylic acids is 4. The first-order chi connectivity index (χ1) is 17.9. The molecule has 0 bridgehead atoms. The Balaban J connectivity index is 0.000000374. The van der Waals surface area contributed by atoms with E-state index in [1.54, 1.807) is 0 Å². The lowest BCUT2D eigenvalue weighted by atomic mass is 10.0. The quantitative estimate of drug-likeness (QED) is 0.375. The smallest absolute Gasteiger partial charge is 0.328 e. The summed E-state index contributed by atoms with van der Waals surface area (Å²) < 4.78 is 0. The molecule has 10 nitrogen and oxygen atoms in total.